The van der Waals surface area contributed by atoms with E-state index in [1.165, 1.54) is 0 Å². The third kappa shape index (κ3) is 4.50. The molecule has 1 saturated heterocycles. The number of rotatable bonds is 6. The van der Waals surface area contributed by atoms with Crippen molar-refractivity contribution in [2.75, 3.05) is 34.4 Å². The second-order valence-electron chi connectivity index (χ2n) is 5.32. The van der Waals surface area contributed by atoms with E-state index in [4.69, 9.17) is 14.2 Å². The van der Waals surface area contributed by atoms with Crippen LogP contribution < -0.4 is 20.1 Å². The Balaban J connectivity index is 0.00000264. The third-order valence-corrected chi connectivity index (χ3v) is 4.12. The number of hydrogen-bond donors (Lipinski definition) is 2. The van der Waals surface area contributed by atoms with Gasteiger partial charge in [-0.3, -0.25) is 4.79 Å². The fraction of sp³-hybridized carbons (Fsp3) is 0.562. The van der Waals surface area contributed by atoms with Gasteiger partial charge in [-0.15, -0.1) is 12.4 Å². The number of benzene rings is 1. The summed E-state index contributed by atoms with van der Waals surface area (Å²) < 4.78 is 16.0. The number of hydrogen-bond acceptors (Lipinski definition) is 5. The molecular weight excluding hydrogens is 320 g/mol. The molecule has 2 rings (SSSR count). The minimum Gasteiger partial charge on any atom is -0.493 e. The molecule has 1 amide bonds. The molecule has 0 spiro atoms. The smallest absolute Gasteiger partial charge is 0.252 e. The Morgan fingerprint density at radius 2 is 1.83 bits per heavy atom. The first-order valence-electron chi connectivity index (χ1n) is 7.40. The predicted molar refractivity (Wildman–Crippen MR) is 90.5 cm³/mol. The first-order chi connectivity index (χ1) is 10.6. The van der Waals surface area contributed by atoms with Crippen LogP contribution in [0.3, 0.4) is 0 Å². The Bertz CT molecular complexity index is 519. The second kappa shape index (κ2) is 8.96. The summed E-state index contributed by atoms with van der Waals surface area (Å²) in [5.41, 5.74) is 0.230. The Kier molecular flexibility index (Phi) is 7.61. The maximum Gasteiger partial charge on any atom is 0.252 e. The first kappa shape index (κ1) is 19.5. The lowest BCUT2D eigenvalue weighted by Crippen LogP contribution is -2.53. The van der Waals surface area contributed by atoms with Gasteiger partial charge in [-0.25, -0.2) is 0 Å². The van der Waals surface area contributed by atoms with Gasteiger partial charge in [-0.2, -0.15) is 0 Å². The number of methoxy groups -OCH3 is 3. The van der Waals surface area contributed by atoms with Crippen molar-refractivity contribution in [2.45, 2.75) is 25.0 Å². The summed E-state index contributed by atoms with van der Waals surface area (Å²) in [5, 5.41) is 6.20. The van der Waals surface area contributed by atoms with Gasteiger partial charge in [0, 0.05) is 13.7 Å². The van der Waals surface area contributed by atoms with E-state index in [0.717, 1.165) is 18.7 Å². The SMILES string of the molecule is COc1ccc(CNC(=O)C2(OC)CCNCC2)cc1OC.Cl. The Labute approximate surface area is 143 Å². The number of ether oxygens (including phenoxy) is 3. The summed E-state index contributed by atoms with van der Waals surface area (Å²) in [6, 6.07) is 5.60. The molecule has 0 aromatic heterocycles. The van der Waals surface area contributed by atoms with Crippen LogP contribution in [0, 0.1) is 0 Å². The Morgan fingerprint density at radius 1 is 1.17 bits per heavy atom. The molecule has 0 unspecified atom stereocenters. The maximum atomic E-state index is 12.5. The molecule has 2 N–H and O–H groups in total. The van der Waals surface area contributed by atoms with Gasteiger partial charge in [-0.05, 0) is 43.6 Å². The number of amides is 1. The van der Waals surface area contributed by atoms with Gasteiger partial charge < -0.3 is 24.8 Å². The molecule has 0 radical (unpaired) electrons. The molecule has 6 nitrogen and oxygen atoms in total. The Hall–Kier alpha value is -1.50. The van der Waals surface area contributed by atoms with Crippen LogP contribution in [0.15, 0.2) is 18.2 Å². The summed E-state index contributed by atoms with van der Waals surface area (Å²) in [5.74, 6) is 1.26. The molecule has 1 aromatic rings. The topological polar surface area (TPSA) is 68.8 Å². The van der Waals surface area contributed by atoms with Crippen molar-refractivity contribution in [1.29, 1.82) is 0 Å². The summed E-state index contributed by atoms with van der Waals surface area (Å²) >= 11 is 0. The molecule has 1 aliphatic heterocycles. The number of piperidine rings is 1. The van der Waals surface area contributed by atoms with Gasteiger partial charge in [0.25, 0.3) is 5.91 Å². The molecule has 1 fully saturated rings. The van der Waals surface area contributed by atoms with Crippen molar-refractivity contribution in [1.82, 2.24) is 10.6 Å². The molecule has 0 saturated carbocycles. The van der Waals surface area contributed by atoms with Gasteiger partial charge in [0.1, 0.15) is 5.60 Å². The van der Waals surface area contributed by atoms with Crippen molar-refractivity contribution >= 4 is 18.3 Å². The van der Waals surface area contributed by atoms with Crippen LogP contribution in [0.1, 0.15) is 18.4 Å². The van der Waals surface area contributed by atoms with E-state index >= 15 is 0 Å². The molecule has 23 heavy (non-hydrogen) atoms. The Morgan fingerprint density at radius 3 is 2.39 bits per heavy atom. The molecule has 7 heteroatoms. The quantitative estimate of drug-likeness (QED) is 0.818. The minimum absolute atomic E-state index is 0. The lowest BCUT2D eigenvalue weighted by Gasteiger charge is -2.34. The van der Waals surface area contributed by atoms with Gasteiger partial charge in [0.2, 0.25) is 0 Å². The maximum absolute atomic E-state index is 12.5. The molecule has 0 atom stereocenters. The molecular formula is C16H25ClN2O4. The van der Waals surface area contributed by atoms with Crippen LogP contribution in [0.25, 0.3) is 0 Å². The summed E-state index contributed by atoms with van der Waals surface area (Å²) in [7, 11) is 4.79. The van der Waals surface area contributed by atoms with E-state index in [2.05, 4.69) is 10.6 Å². The largest absolute Gasteiger partial charge is 0.493 e. The molecule has 0 bridgehead atoms. The van der Waals surface area contributed by atoms with E-state index < -0.39 is 5.60 Å². The molecule has 0 aliphatic carbocycles. The fourth-order valence-electron chi connectivity index (χ4n) is 2.69. The summed E-state index contributed by atoms with van der Waals surface area (Å²) in [6.45, 7) is 2.01. The summed E-state index contributed by atoms with van der Waals surface area (Å²) in [4.78, 5) is 12.5. The zero-order chi connectivity index (χ0) is 16.0. The molecule has 1 aliphatic rings. The van der Waals surface area contributed by atoms with Crippen molar-refractivity contribution in [3.8, 4) is 11.5 Å². The number of carbonyl (C=O) groups excluding carboxylic acids is 1. The van der Waals surface area contributed by atoms with Crippen LogP contribution in [-0.2, 0) is 16.1 Å². The van der Waals surface area contributed by atoms with E-state index in [0.29, 0.717) is 30.9 Å². The van der Waals surface area contributed by atoms with E-state index in [-0.39, 0.29) is 18.3 Å². The van der Waals surface area contributed by atoms with Crippen LogP contribution in [0.2, 0.25) is 0 Å². The number of carbonyl (C=O) groups is 1. The van der Waals surface area contributed by atoms with Gasteiger partial charge in [-0.1, -0.05) is 6.07 Å². The standard InChI is InChI=1S/C16H24N2O4.ClH/c1-20-13-5-4-12(10-14(13)21-2)11-18-15(19)16(22-3)6-8-17-9-7-16;/h4-5,10,17H,6-9,11H2,1-3H3,(H,18,19);1H. The first-order valence-corrected chi connectivity index (χ1v) is 7.40. The highest BCUT2D eigenvalue weighted by molar-refractivity contribution is 5.85. The van der Waals surface area contributed by atoms with Crippen molar-refractivity contribution in [3.63, 3.8) is 0 Å². The van der Waals surface area contributed by atoms with E-state index in [1.807, 2.05) is 18.2 Å². The normalized spacial score (nSPS) is 16.1. The van der Waals surface area contributed by atoms with Crippen LogP contribution in [0.5, 0.6) is 11.5 Å². The molecule has 130 valence electrons. The van der Waals surface area contributed by atoms with Crippen LogP contribution in [0.4, 0.5) is 0 Å². The van der Waals surface area contributed by atoms with E-state index in [1.54, 1.807) is 21.3 Å². The number of halogens is 1. The zero-order valence-electron chi connectivity index (χ0n) is 13.8. The monoisotopic (exact) mass is 344 g/mol. The van der Waals surface area contributed by atoms with Gasteiger partial charge in [0.05, 0.1) is 14.2 Å². The van der Waals surface area contributed by atoms with Crippen molar-refractivity contribution < 1.29 is 19.0 Å². The van der Waals surface area contributed by atoms with Crippen LogP contribution >= 0.6 is 12.4 Å². The van der Waals surface area contributed by atoms with Crippen molar-refractivity contribution in [2.24, 2.45) is 0 Å². The minimum atomic E-state index is -0.720. The summed E-state index contributed by atoms with van der Waals surface area (Å²) in [6.07, 6.45) is 1.36. The second-order valence-corrected chi connectivity index (χ2v) is 5.32. The molecule has 1 aromatic carbocycles. The average molecular weight is 345 g/mol. The zero-order valence-corrected chi connectivity index (χ0v) is 14.6. The van der Waals surface area contributed by atoms with Gasteiger partial charge >= 0.3 is 0 Å². The number of nitrogens with one attached hydrogen (secondary N) is 2. The lowest BCUT2D eigenvalue weighted by atomic mass is 9.91. The molecule has 1 heterocycles. The lowest BCUT2D eigenvalue weighted by molar-refractivity contribution is -0.146. The fourth-order valence-corrected chi connectivity index (χ4v) is 2.69. The van der Waals surface area contributed by atoms with Crippen molar-refractivity contribution in [3.05, 3.63) is 23.8 Å². The third-order valence-electron chi connectivity index (χ3n) is 4.12. The van der Waals surface area contributed by atoms with Crippen LogP contribution in [-0.4, -0.2) is 45.9 Å². The highest BCUT2D eigenvalue weighted by Gasteiger charge is 2.39. The highest BCUT2D eigenvalue weighted by Crippen LogP contribution is 2.28. The average Bonchev–Trinajstić information content (AvgIpc) is 2.59. The predicted octanol–water partition coefficient (Wildman–Crippen LogP) is 1.51. The highest BCUT2D eigenvalue weighted by atomic mass is 35.5. The van der Waals surface area contributed by atoms with Gasteiger partial charge in [0.15, 0.2) is 11.5 Å². The van der Waals surface area contributed by atoms with E-state index in [9.17, 15) is 4.79 Å².